The highest BCUT2D eigenvalue weighted by Gasteiger charge is 2.28. The number of methoxy groups -OCH3 is 1. The third-order valence-electron chi connectivity index (χ3n) is 6.37. The molecule has 5 heteroatoms. The Labute approximate surface area is 176 Å². The Kier molecular flexibility index (Phi) is 5.98. The summed E-state index contributed by atoms with van der Waals surface area (Å²) in [5.74, 6) is 1.08. The first-order valence-electron chi connectivity index (χ1n) is 10.5. The van der Waals surface area contributed by atoms with E-state index in [0.29, 0.717) is 23.1 Å². The molecular formula is C25H27FN2O2. The van der Waals surface area contributed by atoms with E-state index in [-0.39, 0.29) is 17.8 Å². The Bertz CT molecular complexity index is 1040. The van der Waals surface area contributed by atoms with Gasteiger partial charge in [-0.05, 0) is 86.4 Å². The average Bonchev–Trinajstić information content (AvgIpc) is 2.78. The van der Waals surface area contributed by atoms with Crippen LogP contribution in [-0.4, -0.2) is 24.0 Å². The Morgan fingerprint density at radius 3 is 2.67 bits per heavy atom. The Morgan fingerprint density at radius 1 is 1.13 bits per heavy atom. The number of fused-ring (bicyclic) bond motifs is 1. The first-order chi connectivity index (χ1) is 14.6. The first-order valence-corrected chi connectivity index (χ1v) is 10.5. The predicted octanol–water partition coefficient (Wildman–Crippen LogP) is 5.47. The zero-order chi connectivity index (χ0) is 21.1. The first kappa shape index (κ1) is 20.3. The molecule has 1 saturated carbocycles. The standard InChI is InChI=1S/C25H27FN2O2/c1-16(28-25(29)21-5-3-4-6-24(21)30-2)17-7-9-18(10-8-17)20-13-14-27-23-12-11-19(26)15-22(20)23/h3-6,11-18H,7-10H2,1-2H3,(H,28,29)/t16-,17-,18-/m1/s1. The fraction of sp³-hybridized carbons (Fsp3) is 0.360. The molecular weight excluding hydrogens is 379 g/mol. The molecule has 0 radical (unpaired) electrons. The predicted molar refractivity (Wildman–Crippen MR) is 116 cm³/mol. The summed E-state index contributed by atoms with van der Waals surface area (Å²) in [6.45, 7) is 2.08. The van der Waals surface area contributed by atoms with Crippen LogP contribution in [0.1, 0.15) is 54.4 Å². The minimum absolute atomic E-state index is 0.0787. The minimum atomic E-state index is -0.224. The molecule has 4 nitrogen and oxygen atoms in total. The molecule has 3 aromatic rings. The van der Waals surface area contributed by atoms with Gasteiger partial charge in [-0.2, -0.15) is 0 Å². The molecule has 1 aromatic heterocycles. The van der Waals surface area contributed by atoms with Crippen molar-refractivity contribution in [3.05, 3.63) is 71.7 Å². The number of nitrogens with one attached hydrogen (secondary N) is 1. The maximum absolute atomic E-state index is 13.8. The summed E-state index contributed by atoms with van der Waals surface area (Å²) in [7, 11) is 1.57. The van der Waals surface area contributed by atoms with Gasteiger partial charge < -0.3 is 10.1 Å². The van der Waals surface area contributed by atoms with Crippen LogP contribution in [0.2, 0.25) is 0 Å². The lowest BCUT2D eigenvalue weighted by molar-refractivity contribution is 0.0915. The second-order valence-corrected chi connectivity index (χ2v) is 8.14. The molecule has 2 aromatic carbocycles. The van der Waals surface area contributed by atoms with E-state index in [2.05, 4.69) is 17.2 Å². The molecule has 1 heterocycles. The average molecular weight is 407 g/mol. The number of hydrogen-bond donors (Lipinski definition) is 1. The molecule has 1 aliphatic carbocycles. The molecule has 1 atom stereocenters. The van der Waals surface area contributed by atoms with Gasteiger partial charge in [-0.15, -0.1) is 0 Å². The van der Waals surface area contributed by atoms with Crippen molar-refractivity contribution in [2.24, 2.45) is 5.92 Å². The number of nitrogens with zero attached hydrogens (tertiary/aromatic N) is 1. The van der Waals surface area contributed by atoms with Crippen molar-refractivity contribution in [3.8, 4) is 5.75 Å². The van der Waals surface area contributed by atoms with Crippen molar-refractivity contribution < 1.29 is 13.9 Å². The summed E-state index contributed by atoms with van der Waals surface area (Å²) in [6.07, 6.45) is 5.91. The summed E-state index contributed by atoms with van der Waals surface area (Å²) in [5, 5.41) is 4.07. The smallest absolute Gasteiger partial charge is 0.255 e. The molecule has 1 fully saturated rings. The summed E-state index contributed by atoms with van der Waals surface area (Å²) in [4.78, 5) is 17.1. The monoisotopic (exact) mass is 406 g/mol. The van der Waals surface area contributed by atoms with Crippen LogP contribution in [-0.2, 0) is 0 Å². The van der Waals surface area contributed by atoms with Crippen LogP contribution in [0.5, 0.6) is 5.75 Å². The van der Waals surface area contributed by atoms with Crippen molar-refractivity contribution in [2.75, 3.05) is 7.11 Å². The van der Waals surface area contributed by atoms with E-state index in [9.17, 15) is 9.18 Å². The summed E-state index contributed by atoms with van der Waals surface area (Å²) in [5.41, 5.74) is 2.59. The number of amides is 1. The Morgan fingerprint density at radius 2 is 1.90 bits per heavy atom. The van der Waals surface area contributed by atoms with Gasteiger partial charge in [0.25, 0.3) is 5.91 Å². The van der Waals surface area contributed by atoms with Crippen LogP contribution in [0.4, 0.5) is 4.39 Å². The van der Waals surface area contributed by atoms with Gasteiger partial charge in [0, 0.05) is 17.6 Å². The topological polar surface area (TPSA) is 51.2 Å². The molecule has 0 aliphatic heterocycles. The highest BCUT2D eigenvalue weighted by molar-refractivity contribution is 5.97. The van der Waals surface area contributed by atoms with Gasteiger partial charge in [-0.1, -0.05) is 12.1 Å². The molecule has 1 aliphatic rings. The van der Waals surface area contributed by atoms with E-state index in [0.717, 1.165) is 36.6 Å². The van der Waals surface area contributed by atoms with Gasteiger partial charge in [-0.25, -0.2) is 4.39 Å². The quantitative estimate of drug-likeness (QED) is 0.611. The zero-order valence-corrected chi connectivity index (χ0v) is 17.4. The lowest BCUT2D eigenvalue weighted by Gasteiger charge is -2.33. The number of benzene rings is 2. The summed E-state index contributed by atoms with van der Waals surface area (Å²) in [6, 6.07) is 14.2. The lowest BCUT2D eigenvalue weighted by atomic mass is 9.75. The Hall–Kier alpha value is -2.95. The van der Waals surface area contributed by atoms with Crippen LogP contribution in [0.15, 0.2) is 54.7 Å². The molecule has 30 heavy (non-hydrogen) atoms. The van der Waals surface area contributed by atoms with E-state index in [4.69, 9.17) is 4.74 Å². The van der Waals surface area contributed by atoms with Crippen molar-refractivity contribution in [3.63, 3.8) is 0 Å². The Balaban J connectivity index is 1.41. The number of carbonyl (C=O) groups is 1. The maximum atomic E-state index is 13.8. The number of hydrogen-bond acceptors (Lipinski definition) is 3. The van der Waals surface area contributed by atoms with E-state index in [1.807, 2.05) is 24.4 Å². The minimum Gasteiger partial charge on any atom is -0.496 e. The third-order valence-corrected chi connectivity index (χ3v) is 6.37. The second-order valence-electron chi connectivity index (χ2n) is 8.14. The molecule has 156 valence electrons. The van der Waals surface area contributed by atoms with Crippen LogP contribution < -0.4 is 10.1 Å². The van der Waals surface area contributed by atoms with E-state index < -0.39 is 0 Å². The van der Waals surface area contributed by atoms with Crippen molar-refractivity contribution in [1.29, 1.82) is 0 Å². The normalized spacial score (nSPS) is 20.0. The van der Waals surface area contributed by atoms with Crippen LogP contribution in [0.25, 0.3) is 10.9 Å². The largest absolute Gasteiger partial charge is 0.496 e. The summed E-state index contributed by atoms with van der Waals surface area (Å²) >= 11 is 0. The number of rotatable bonds is 5. The number of ether oxygens (including phenoxy) is 1. The van der Waals surface area contributed by atoms with Crippen LogP contribution in [0.3, 0.4) is 0 Å². The molecule has 0 unspecified atom stereocenters. The SMILES string of the molecule is COc1ccccc1C(=O)N[C@H](C)[C@H]1CC[C@H](c2ccnc3ccc(F)cc32)CC1. The van der Waals surface area contributed by atoms with Gasteiger partial charge in [0.15, 0.2) is 0 Å². The fourth-order valence-corrected chi connectivity index (χ4v) is 4.66. The summed E-state index contributed by atoms with van der Waals surface area (Å²) < 4.78 is 19.1. The van der Waals surface area contributed by atoms with Crippen LogP contribution in [0, 0.1) is 11.7 Å². The molecule has 1 amide bonds. The lowest BCUT2D eigenvalue weighted by Crippen LogP contribution is -2.39. The molecule has 0 saturated heterocycles. The zero-order valence-electron chi connectivity index (χ0n) is 17.4. The van der Waals surface area contributed by atoms with Crippen molar-refractivity contribution >= 4 is 16.8 Å². The second kappa shape index (κ2) is 8.82. The van der Waals surface area contributed by atoms with Crippen molar-refractivity contribution in [1.82, 2.24) is 10.3 Å². The maximum Gasteiger partial charge on any atom is 0.255 e. The number of para-hydroxylation sites is 1. The highest BCUT2D eigenvalue weighted by atomic mass is 19.1. The van der Waals surface area contributed by atoms with E-state index >= 15 is 0 Å². The van der Waals surface area contributed by atoms with Gasteiger partial charge in [0.05, 0.1) is 18.2 Å². The van der Waals surface area contributed by atoms with E-state index in [1.165, 1.54) is 11.6 Å². The molecule has 0 bridgehead atoms. The van der Waals surface area contributed by atoms with Gasteiger partial charge in [0.2, 0.25) is 0 Å². The molecule has 1 N–H and O–H groups in total. The van der Waals surface area contributed by atoms with Gasteiger partial charge >= 0.3 is 0 Å². The highest BCUT2D eigenvalue weighted by Crippen LogP contribution is 2.39. The number of pyridine rings is 1. The fourth-order valence-electron chi connectivity index (χ4n) is 4.66. The number of carbonyl (C=O) groups excluding carboxylic acids is 1. The number of halogens is 1. The molecule has 4 rings (SSSR count). The molecule has 0 spiro atoms. The number of aromatic nitrogens is 1. The van der Waals surface area contributed by atoms with Gasteiger partial charge in [0.1, 0.15) is 11.6 Å². The van der Waals surface area contributed by atoms with Crippen molar-refractivity contribution in [2.45, 2.75) is 44.6 Å². The third kappa shape index (κ3) is 4.16. The van der Waals surface area contributed by atoms with Gasteiger partial charge in [-0.3, -0.25) is 9.78 Å². The van der Waals surface area contributed by atoms with E-state index in [1.54, 1.807) is 31.4 Å². The van der Waals surface area contributed by atoms with Crippen LogP contribution >= 0.6 is 0 Å².